The van der Waals surface area contributed by atoms with E-state index >= 15 is 0 Å². The lowest BCUT2D eigenvalue weighted by Crippen LogP contribution is -2.19. The molecule has 0 unspecified atom stereocenters. The van der Waals surface area contributed by atoms with Gasteiger partial charge in [-0.1, -0.05) is 13.5 Å². The first-order valence-corrected chi connectivity index (χ1v) is 3.56. The lowest BCUT2D eigenvalue weighted by Gasteiger charge is -2.24. The Morgan fingerprint density at radius 3 is 2.78 bits per heavy atom. The molecule has 0 bridgehead atoms. The Labute approximate surface area is 56.4 Å². The van der Waals surface area contributed by atoms with Gasteiger partial charge in [0.15, 0.2) is 0 Å². The van der Waals surface area contributed by atoms with E-state index in [-0.39, 0.29) is 6.10 Å². The van der Waals surface area contributed by atoms with E-state index in [4.69, 9.17) is 0 Å². The van der Waals surface area contributed by atoms with E-state index in [0.29, 0.717) is 5.92 Å². The fourth-order valence-electron chi connectivity index (χ4n) is 1.26. The first-order valence-electron chi connectivity index (χ1n) is 3.56. The number of aliphatic hydroxyl groups excluding tert-OH is 1. The van der Waals surface area contributed by atoms with Crippen molar-refractivity contribution in [3.05, 3.63) is 12.2 Å². The van der Waals surface area contributed by atoms with Gasteiger partial charge in [0.25, 0.3) is 0 Å². The molecule has 2 atom stereocenters. The van der Waals surface area contributed by atoms with E-state index in [0.717, 1.165) is 18.4 Å². The van der Waals surface area contributed by atoms with Crippen LogP contribution in [0.1, 0.15) is 26.2 Å². The summed E-state index contributed by atoms with van der Waals surface area (Å²) in [5, 5.41) is 9.25. The molecule has 0 saturated heterocycles. The number of hydrogen-bond acceptors (Lipinski definition) is 1. The Morgan fingerprint density at radius 2 is 2.33 bits per heavy atom. The van der Waals surface area contributed by atoms with Gasteiger partial charge in [0, 0.05) is 0 Å². The van der Waals surface area contributed by atoms with Crippen LogP contribution in [0.3, 0.4) is 0 Å². The van der Waals surface area contributed by atoms with Crippen LogP contribution in [0, 0.1) is 5.92 Å². The van der Waals surface area contributed by atoms with Crippen molar-refractivity contribution < 1.29 is 5.11 Å². The lowest BCUT2D eigenvalue weighted by molar-refractivity contribution is 0.154. The zero-order chi connectivity index (χ0) is 6.85. The zero-order valence-corrected chi connectivity index (χ0v) is 5.93. The summed E-state index contributed by atoms with van der Waals surface area (Å²) in [7, 11) is 0. The van der Waals surface area contributed by atoms with Crippen LogP contribution in [-0.4, -0.2) is 11.2 Å². The van der Waals surface area contributed by atoms with Crippen LogP contribution in [0.25, 0.3) is 0 Å². The average molecular weight is 126 g/mol. The molecule has 0 aliphatic heterocycles. The van der Waals surface area contributed by atoms with Crippen molar-refractivity contribution >= 4 is 0 Å². The molecule has 0 spiro atoms. The van der Waals surface area contributed by atoms with Crippen molar-refractivity contribution in [2.24, 2.45) is 5.92 Å². The molecule has 1 rings (SSSR count). The Balaban J connectivity index is 2.44. The van der Waals surface area contributed by atoms with Crippen LogP contribution in [0.5, 0.6) is 0 Å². The maximum Gasteiger partial charge on any atom is 0.0750 e. The molecule has 1 aliphatic rings. The summed E-state index contributed by atoms with van der Waals surface area (Å²) in [6.07, 6.45) is 2.92. The summed E-state index contributed by atoms with van der Waals surface area (Å²) in [6, 6.07) is 0. The Kier molecular flexibility index (Phi) is 1.91. The fourth-order valence-corrected chi connectivity index (χ4v) is 1.26. The summed E-state index contributed by atoms with van der Waals surface area (Å²) >= 11 is 0. The van der Waals surface area contributed by atoms with Gasteiger partial charge in [0.2, 0.25) is 0 Å². The molecule has 0 aromatic heterocycles. The topological polar surface area (TPSA) is 20.2 Å². The molecular formula is C8H14O. The van der Waals surface area contributed by atoms with Gasteiger partial charge in [-0.15, -0.1) is 0 Å². The molecule has 1 heteroatoms. The molecule has 9 heavy (non-hydrogen) atoms. The number of hydrogen-bond donors (Lipinski definition) is 1. The molecule has 1 nitrogen and oxygen atoms in total. The lowest BCUT2D eigenvalue weighted by atomic mass is 9.86. The minimum Gasteiger partial charge on any atom is -0.389 e. The van der Waals surface area contributed by atoms with Crippen molar-refractivity contribution in [2.75, 3.05) is 0 Å². The van der Waals surface area contributed by atoms with Crippen LogP contribution < -0.4 is 0 Å². The highest BCUT2D eigenvalue weighted by Crippen LogP contribution is 2.26. The van der Waals surface area contributed by atoms with Crippen molar-refractivity contribution in [2.45, 2.75) is 32.3 Å². The highest BCUT2D eigenvalue weighted by Gasteiger charge is 2.18. The van der Waals surface area contributed by atoms with E-state index in [1.807, 2.05) is 0 Å². The monoisotopic (exact) mass is 126 g/mol. The molecule has 52 valence electrons. The summed E-state index contributed by atoms with van der Waals surface area (Å²) < 4.78 is 0. The molecule has 0 radical (unpaired) electrons. The van der Waals surface area contributed by atoms with Crippen LogP contribution >= 0.6 is 0 Å². The van der Waals surface area contributed by atoms with Crippen molar-refractivity contribution in [1.82, 2.24) is 0 Å². The summed E-state index contributed by atoms with van der Waals surface area (Å²) in [6.45, 7) is 5.96. The molecule has 0 aromatic rings. The Morgan fingerprint density at radius 1 is 1.67 bits per heavy atom. The maximum absolute atomic E-state index is 9.25. The third-order valence-corrected chi connectivity index (χ3v) is 2.06. The van der Waals surface area contributed by atoms with Gasteiger partial charge in [0.1, 0.15) is 0 Å². The zero-order valence-electron chi connectivity index (χ0n) is 5.93. The first-order chi connectivity index (χ1) is 4.20. The van der Waals surface area contributed by atoms with Crippen LogP contribution in [0.4, 0.5) is 0 Å². The van der Waals surface area contributed by atoms with Gasteiger partial charge in [-0.3, -0.25) is 0 Å². The standard InChI is InChI=1S/C8H14O/c1-6-3-4-7(2)8(9)5-6/h6,8-9H,2-5H2,1H3/t6-,8-/m1/s1. The molecule has 0 heterocycles. The van der Waals surface area contributed by atoms with E-state index in [2.05, 4.69) is 13.5 Å². The second-order valence-electron chi connectivity index (χ2n) is 3.05. The predicted octanol–water partition coefficient (Wildman–Crippen LogP) is 1.72. The summed E-state index contributed by atoms with van der Waals surface area (Å²) in [5.41, 5.74) is 1.02. The largest absolute Gasteiger partial charge is 0.389 e. The quantitative estimate of drug-likeness (QED) is 0.490. The first kappa shape index (κ1) is 6.81. The van der Waals surface area contributed by atoms with E-state index < -0.39 is 0 Å². The predicted molar refractivity (Wildman–Crippen MR) is 38.2 cm³/mol. The SMILES string of the molecule is C=C1CC[C@@H](C)C[C@H]1O. The average Bonchev–Trinajstić information content (AvgIpc) is 1.80. The highest BCUT2D eigenvalue weighted by atomic mass is 16.3. The van der Waals surface area contributed by atoms with Crippen molar-refractivity contribution in [1.29, 1.82) is 0 Å². The third kappa shape index (κ3) is 1.55. The minimum atomic E-state index is -0.214. The molecular weight excluding hydrogens is 112 g/mol. The van der Waals surface area contributed by atoms with E-state index in [1.165, 1.54) is 6.42 Å². The van der Waals surface area contributed by atoms with Gasteiger partial charge < -0.3 is 5.11 Å². The third-order valence-electron chi connectivity index (χ3n) is 2.06. The van der Waals surface area contributed by atoms with Crippen LogP contribution in [0.15, 0.2) is 12.2 Å². The number of aliphatic hydroxyl groups is 1. The van der Waals surface area contributed by atoms with Crippen LogP contribution in [-0.2, 0) is 0 Å². The highest BCUT2D eigenvalue weighted by molar-refractivity contribution is 5.04. The molecule has 1 N–H and O–H groups in total. The van der Waals surface area contributed by atoms with Gasteiger partial charge in [-0.2, -0.15) is 0 Å². The van der Waals surface area contributed by atoms with Gasteiger partial charge in [-0.25, -0.2) is 0 Å². The normalized spacial score (nSPS) is 36.9. The van der Waals surface area contributed by atoms with Crippen molar-refractivity contribution in [3.63, 3.8) is 0 Å². The van der Waals surface area contributed by atoms with E-state index in [9.17, 15) is 5.11 Å². The smallest absolute Gasteiger partial charge is 0.0750 e. The van der Waals surface area contributed by atoms with Crippen LogP contribution in [0.2, 0.25) is 0 Å². The minimum absolute atomic E-state index is 0.214. The van der Waals surface area contributed by atoms with Gasteiger partial charge in [-0.05, 0) is 30.8 Å². The maximum atomic E-state index is 9.25. The Hall–Kier alpha value is -0.300. The second kappa shape index (κ2) is 2.53. The molecule has 0 amide bonds. The van der Waals surface area contributed by atoms with Gasteiger partial charge in [0.05, 0.1) is 6.10 Å². The summed E-state index contributed by atoms with van der Waals surface area (Å²) in [5.74, 6) is 0.686. The van der Waals surface area contributed by atoms with E-state index in [1.54, 1.807) is 0 Å². The van der Waals surface area contributed by atoms with Crippen molar-refractivity contribution in [3.8, 4) is 0 Å². The molecule has 1 aliphatic carbocycles. The number of rotatable bonds is 0. The molecule has 1 saturated carbocycles. The summed E-state index contributed by atoms with van der Waals surface area (Å²) in [4.78, 5) is 0. The second-order valence-corrected chi connectivity index (χ2v) is 3.05. The Bertz CT molecular complexity index is 118. The fraction of sp³-hybridized carbons (Fsp3) is 0.750. The molecule has 1 fully saturated rings. The van der Waals surface area contributed by atoms with Gasteiger partial charge >= 0.3 is 0 Å². The molecule has 0 aromatic carbocycles.